The minimum absolute atomic E-state index is 0.00261. The van der Waals surface area contributed by atoms with Gasteiger partial charge < -0.3 is 10.1 Å². The Morgan fingerprint density at radius 3 is 2.50 bits per heavy atom. The van der Waals surface area contributed by atoms with E-state index < -0.39 is 52.1 Å². The fourth-order valence-electron chi connectivity index (χ4n) is 2.41. The maximum atomic E-state index is 13.1. The number of nitrogens with one attached hydrogen (secondary N) is 1. The van der Waals surface area contributed by atoms with Crippen LogP contribution in [0.4, 0.5) is 8.78 Å². The standard InChI is InChI=1S/C18H25F2N3O4S/c1-11(6-7-28(5,25)26)22-14(24)13-10-21-16(17(2,3)4)23-15(13)27-12-8-18(19,20)9-12/h6-7,10-12H,8-9H2,1-5H3,(H,22,24)/b7-6+. The predicted octanol–water partition coefficient (Wildman–Crippen LogP) is 2.63. The molecule has 2 rings (SSSR count). The molecule has 1 aromatic rings. The van der Waals surface area contributed by atoms with Crippen molar-refractivity contribution in [1.29, 1.82) is 0 Å². The molecular formula is C18H25F2N3O4S. The molecule has 1 unspecified atom stereocenters. The Kier molecular flexibility index (Phi) is 6.13. The lowest BCUT2D eigenvalue weighted by molar-refractivity contribution is -0.135. The van der Waals surface area contributed by atoms with E-state index in [4.69, 9.17) is 4.74 Å². The number of halogens is 2. The van der Waals surface area contributed by atoms with Crippen molar-refractivity contribution in [3.05, 3.63) is 29.1 Å². The number of amides is 1. The largest absolute Gasteiger partial charge is 0.473 e. The molecule has 1 heterocycles. The SMILES string of the molecule is CC(/C=C/S(C)(=O)=O)NC(=O)c1cnc(C(C)(C)C)nc1OC1CC(F)(F)C1. The van der Waals surface area contributed by atoms with Crippen LogP contribution in [0.3, 0.4) is 0 Å². The van der Waals surface area contributed by atoms with Crippen molar-refractivity contribution >= 4 is 15.7 Å². The highest BCUT2D eigenvalue weighted by Gasteiger charge is 2.47. The van der Waals surface area contributed by atoms with Gasteiger partial charge in [0.15, 0.2) is 9.84 Å². The van der Waals surface area contributed by atoms with Gasteiger partial charge in [0.25, 0.3) is 11.8 Å². The van der Waals surface area contributed by atoms with Crippen LogP contribution in [-0.4, -0.2) is 48.6 Å². The summed E-state index contributed by atoms with van der Waals surface area (Å²) in [4.78, 5) is 21.0. The lowest BCUT2D eigenvalue weighted by atomic mass is 9.91. The number of carbonyl (C=O) groups is 1. The van der Waals surface area contributed by atoms with Crippen LogP contribution in [0.15, 0.2) is 17.7 Å². The molecule has 1 amide bonds. The molecule has 1 N–H and O–H groups in total. The van der Waals surface area contributed by atoms with Crippen LogP contribution in [-0.2, 0) is 15.3 Å². The second kappa shape index (κ2) is 7.73. The minimum Gasteiger partial charge on any atom is -0.473 e. The number of rotatable bonds is 6. The lowest BCUT2D eigenvalue weighted by Crippen LogP contribution is -2.43. The average Bonchev–Trinajstić information content (AvgIpc) is 2.49. The molecular weight excluding hydrogens is 392 g/mol. The summed E-state index contributed by atoms with van der Waals surface area (Å²) in [5.74, 6) is -3.00. The van der Waals surface area contributed by atoms with Gasteiger partial charge in [0, 0.05) is 42.2 Å². The Labute approximate surface area is 163 Å². The topological polar surface area (TPSA) is 98.2 Å². The molecule has 0 aromatic carbocycles. The number of nitrogens with zero attached hydrogens (tertiary/aromatic N) is 2. The molecule has 7 nitrogen and oxygen atoms in total. The minimum atomic E-state index is -3.32. The molecule has 0 spiro atoms. The first kappa shape index (κ1) is 22.2. The molecule has 1 atom stereocenters. The van der Waals surface area contributed by atoms with E-state index in [-0.39, 0.29) is 11.4 Å². The number of hydrogen-bond acceptors (Lipinski definition) is 6. The van der Waals surface area contributed by atoms with Gasteiger partial charge in [-0.1, -0.05) is 26.8 Å². The molecule has 1 aromatic heterocycles. The highest BCUT2D eigenvalue weighted by molar-refractivity contribution is 7.93. The molecule has 1 aliphatic rings. The highest BCUT2D eigenvalue weighted by atomic mass is 32.2. The van der Waals surface area contributed by atoms with Gasteiger partial charge in [-0.2, -0.15) is 4.98 Å². The molecule has 0 radical (unpaired) electrons. The normalized spacial score (nSPS) is 18.5. The molecule has 1 fully saturated rings. The van der Waals surface area contributed by atoms with Crippen LogP contribution in [0.25, 0.3) is 0 Å². The van der Waals surface area contributed by atoms with Crippen LogP contribution in [0.1, 0.15) is 56.7 Å². The smallest absolute Gasteiger partial charge is 0.258 e. The molecule has 10 heteroatoms. The van der Waals surface area contributed by atoms with Crippen molar-refractivity contribution in [3.8, 4) is 5.88 Å². The van der Waals surface area contributed by atoms with Crippen LogP contribution in [0.5, 0.6) is 5.88 Å². The summed E-state index contributed by atoms with van der Waals surface area (Å²) in [6.07, 6.45) is 2.06. The first-order chi connectivity index (χ1) is 12.7. The van der Waals surface area contributed by atoms with Gasteiger partial charge in [0.1, 0.15) is 17.5 Å². The Balaban J connectivity index is 2.23. The van der Waals surface area contributed by atoms with Crippen molar-refractivity contribution in [2.75, 3.05) is 6.26 Å². The Bertz CT molecular complexity index is 871. The zero-order valence-corrected chi connectivity index (χ0v) is 17.3. The van der Waals surface area contributed by atoms with E-state index in [1.165, 1.54) is 12.3 Å². The maximum Gasteiger partial charge on any atom is 0.258 e. The van der Waals surface area contributed by atoms with Gasteiger partial charge in [-0.15, -0.1) is 0 Å². The number of hydrogen-bond donors (Lipinski definition) is 1. The summed E-state index contributed by atoms with van der Waals surface area (Å²) in [7, 11) is -3.32. The van der Waals surface area contributed by atoms with Gasteiger partial charge in [0.2, 0.25) is 5.88 Å². The van der Waals surface area contributed by atoms with Crippen LogP contribution >= 0.6 is 0 Å². The van der Waals surface area contributed by atoms with Gasteiger partial charge in [-0.25, -0.2) is 22.2 Å². The number of carbonyl (C=O) groups excluding carboxylic acids is 1. The second-order valence-corrected chi connectivity index (χ2v) is 10.0. The van der Waals surface area contributed by atoms with Crippen LogP contribution in [0.2, 0.25) is 0 Å². The lowest BCUT2D eigenvalue weighted by Gasteiger charge is -2.35. The third kappa shape index (κ3) is 6.22. The summed E-state index contributed by atoms with van der Waals surface area (Å²) in [5, 5.41) is 3.59. The Morgan fingerprint density at radius 2 is 2.00 bits per heavy atom. The molecule has 156 valence electrons. The molecule has 0 saturated heterocycles. The summed E-state index contributed by atoms with van der Waals surface area (Å²) >= 11 is 0. The van der Waals surface area contributed by atoms with Gasteiger partial charge in [-0.05, 0) is 6.92 Å². The van der Waals surface area contributed by atoms with E-state index >= 15 is 0 Å². The quantitative estimate of drug-likeness (QED) is 0.764. The fraction of sp³-hybridized carbons (Fsp3) is 0.611. The summed E-state index contributed by atoms with van der Waals surface area (Å²) in [5.41, 5.74) is -0.426. The zero-order chi connectivity index (χ0) is 21.3. The van der Waals surface area contributed by atoms with Gasteiger partial charge in [-0.3, -0.25) is 4.79 Å². The second-order valence-electron chi connectivity index (χ2n) is 8.09. The average molecular weight is 417 g/mol. The van der Waals surface area contributed by atoms with Crippen molar-refractivity contribution < 1.29 is 26.7 Å². The maximum absolute atomic E-state index is 13.1. The molecule has 1 saturated carbocycles. The first-order valence-corrected chi connectivity index (χ1v) is 10.7. The zero-order valence-electron chi connectivity index (χ0n) is 16.5. The number of sulfone groups is 1. The van der Waals surface area contributed by atoms with Crippen LogP contribution < -0.4 is 10.1 Å². The molecule has 28 heavy (non-hydrogen) atoms. The number of alkyl halides is 2. The van der Waals surface area contributed by atoms with E-state index in [1.54, 1.807) is 6.92 Å². The fourth-order valence-corrected chi connectivity index (χ4v) is 2.94. The Morgan fingerprint density at radius 1 is 1.39 bits per heavy atom. The first-order valence-electron chi connectivity index (χ1n) is 8.77. The number of aromatic nitrogens is 2. The van der Waals surface area contributed by atoms with E-state index in [0.717, 1.165) is 11.7 Å². The summed E-state index contributed by atoms with van der Waals surface area (Å²) in [6, 6.07) is -0.592. The van der Waals surface area contributed by atoms with Crippen molar-refractivity contribution in [2.45, 2.75) is 64.0 Å². The van der Waals surface area contributed by atoms with E-state index in [2.05, 4.69) is 15.3 Å². The van der Waals surface area contributed by atoms with Crippen molar-refractivity contribution in [2.24, 2.45) is 0 Å². The van der Waals surface area contributed by atoms with Crippen molar-refractivity contribution in [1.82, 2.24) is 15.3 Å². The summed E-state index contributed by atoms with van der Waals surface area (Å²) < 4.78 is 54.2. The van der Waals surface area contributed by atoms with Crippen molar-refractivity contribution in [3.63, 3.8) is 0 Å². The summed E-state index contributed by atoms with van der Waals surface area (Å²) in [6.45, 7) is 7.22. The molecule has 0 aliphatic heterocycles. The molecule has 0 bridgehead atoms. The van der Waals surface area contributed by atoms with Crippen LogP contribution in [0, 0.1) is 0 Å². The van der Waals surface area contributed by atoms with E-state index in [9.17, 15) is 22.0 Å². The van der Waals surface area contributed by atoms with E-state index in [0.29, 0.717) is 5.82 Å². The number of ether oxygens (including phenoxy) is 1. The highest BCUT2D eigenvalue weighted by Crippen LogP contribution is 2.40. The van der Waals surface area contributed by atoms with E-state index in [1.807, 2.05) is 20.8 Å². The van der Waals surface area contributed by atoms with Gasteiger partial charge in [0.05, 0.1) is 0 Å². The monoisotopic (exact) mass is 417 g/mol. The Hall–Kier alpha value is -2.10. The third-order valence-electron chi connectivity index (χ3n) is 3.97. The van der Waals surface area contributed by atoms with Gasteiger partial charge >= 0.3 is 0 Å². The molecule has 1 aliphatic carbocycles. The third-order valence-corrected chi connectivity index (χ3v) is 4.62. The predicted molar refractivity (Wildman–Crippen MR) is 100 cm³/mol.